The van der Waals surface area contributed by atoms with Gasteiger partial charge in [0.1, 0.15) is 0 Å². The monoisotopic (exact) mass is 374 g/mol. The number of hydrogen-bond donors (Lipinski definition) is 1. The zero-order valence-electron chi connectivity index (χ0n) is 14.7. The van der Waals surface area contributed by atoms with E-state index >= 15 is 0 Å². The zero-order valence-corrected chi connectivity index (χ0v) is 16.3. The van der Waals surface area contributed by atoms with Crippen LogP contribution < -0.4 is 4.72 Å². The summed E-state index contributed by atoms with van der Waals surface area (Å²) in [6.45, 7) is 8.02. The minimum Gasteiger partial charge on any atom is -0.379 e. The Labute approximate surface area is 148 Å². The molecule has 1 aliphatic rings. The van der Waals surface area contributed by atoms with Gasteiger partial charge in [0, 0.05) is 29.9 Å². The Hall–Kier alpha value is -0.960. The first kappa shape index (κ1) is 19.4. The molecule has 1 N–H and O–H groups in total. The molecule has 0 unspecified atom stereocenters. The third kappa shape index (κ3) is 5.02. The lowest BCUT2D eigenvalue weighted by Gasteiger charge is -2.31. The molecule has 2 rings (SSSR count). The standard InChI is InChI=1S/C16H26N2O4S2/c1-11-9-15(23-13(11)3)16(19)18-7-8-22-10-14(12(18)2)5-6-17-24(4,20)21/h9,12,14,17H,5-8,10H2,1-4H3/t12-,14+/m0/s1. The fourth-order valence-corrected chi connectivity index (χ4v) is 4.33. The highest BCUT2D eigenvalue weighted by molar-refractivity contribution is 7.88. The second kappa shape index (κ2) is 7.95. The number of carbonyl (C=O) groups is 1. The van der Waals surface area contributed by atoms with Crippen molar-refractivity contribution in [2.75, 3.05) is 32.6 Å². The van der Waals surface area contributed by atoms with Crippen molar-refractivity contribution in [3.05, 3.63) is 21.4 Å². The lowest BCUT2D eigenvalue weighted by atomic mass is 9.97. The van der Waals surface area contributed by atoms with Crippen molar-refractivity contribution in [1.82, 2.24) is 9.62 Å². The molecule has 1 fully saturated rings. The number of carbonyl (C=O) groups excluding carboxylic acids is 1. The molecule has 24 heavy (non-hydrogen) atoms. The summed E-state index contributed by atoms with van der Waals surface area (Å²) in [5, 5.41) is 0. The summed E-state index contributed by atoms with van der Waals surface area (Å²) in [4.78, 5) is 16.7. The molecular formula is C16H26N2O4S2. The minimum atomic E-state index is -3.20. The van der Waals surface area contributed by atoms with E-state index in [4.69, 9.17) is 4.74 Å². The van der Waals surface area contributed by atoms with Crippen LogP contribution in [-0.2, 0) is 14.8 Å². The van der Waals surface area contributed by atoms with Crippen LogP contribution >= 0.6 is 11.3 Å². The number of nitrogens with one attached hydrogen (secondary N) is 1. The summed E-state index contributed by atoms with van der Waals surface area (Å²) < 4.78 is 30.6. The van der Waals surface area contributed by atoms with E-state index < -0.39 is 10.0 Å². The van der Waals surface area contributed by atoms with Gasteiger partial charge in [0.2, 0.25) is 10.0 Å². The van der Waals surface area contributed by atoms with Gasteiger partial charge in [-0.3, -0.25) is 4.79 Å². The number of rotatable bonds is 5. The van der Waals surface area contributed by atoms with Gasteiger partial charge >= 0.3 is 0 Å². The molecule has 2 atom stereocenters. The van der Waals surface area contributed by atoms with E-state index in [2.05, 4.69) is 4.72 Å². The van der Waals surface area contributed by atoms with E-state index in [1.54, 1.807) is 0 Å². The van der Waals surface area contributed by atoms with Gasteiger partial charge in [0.05, 0.1) is 24.3 Å². The van der Waals surface area contributed by atoms with Crippen LogP contribution in [0.1, 0.15) is 33.5 Å². The first-order chi connectivity index (χ1) is 11.2. The third-order valence-electron chi connectivity index (χ3n) is 4.50. The van der Waals surface area contributed by atoms with Crippen LogP contribution in [0.2, 0.25) is 0 Å². The topological polar surface area (TPSA) is 75.7 Å². The van der Waals surface area contributed by atoms with Gasteiger partial charge in [-0.1, -0.05) is 0 Å². The summed E-state index contributed by atoms with van der Waals surface area (Å²) in [7, 11) is -3.20. The van der Waals surface area contributed by atoms with E-state index in [-0.39, 0.29) is 17.9 Å². The van der Waals surface area contributed by atoms with Crippen molar-refractivity contribution in [3.8, 4) is 0 Å². The number of nitrogens with zero attached hydrogens (tertiary/aromatic N) is 1. The second-order valence-corrected chi connectivity index (χ2v) is 9.47. The highest BCUT2D eigenvalue weighted by Crippen LogP contribution is 2.26. The summed E-state index contributed by atoms with van der Waals surface area (Å²) in [5.74, 6) is 0.142. The van der Waals surface area contributed by atoms with E-state index in [1.165, 1.54) is 11.3 Å². The molecular weight excluding hydrogens is 348 g/mol. The SMILES string of the molecule is Cc1cc(C(=O)N2CCOC[C@@H](CCNS(C)(=O)=O)[C@@H]2C)sc1C. The minimum absolute atomic E-state index is 0.00377. The van der Waals surface area contributed by atoms with Crippen LogP contribution in [0.4, 0.5) is 0 Å². The van der Waals surface area contributed by atoms with Crippen LogP contribution in [-0.4, -0.2) is 57.8 Å². The van der Waals surface area contributed by atoms with Crippen LogP contribution in [0.5, 0.6) is 0 Å². The molecule has 1 saturated heterocycles. The lowest BCUT2D eigenvalue weighted by Crippen LogP contribution is -2.43. The van der Waals surface area contributed by atoms with E-state index in [0.29, 0.717) is 32.7 Å². The van der Waals surface area contributed by atoms with Gasteiger partial charge < -0.3 is 9.64 Å². The molecule has 1 aliphatic heterocycles. The molecule has 0 bridgehead atoms. The van der Waals surface area contributed by atoms with Gasteiger partial charge in [0.25, 0.3) is 5.91 Å². The third-order valence-corrected chi connectivity index (χ3v) is 6.37. The molecule has 0 spiro atoms. The van der Waals surface area contributed by atoms with Gasteiger partial charge in [-0.05, 0) is 38.8 Å². The number of thiophene rings is 1. The largest absolute Gasteiger partial charge is 0.379 e. The molecule has 1 aromatic rings. The van der Waals surface area contributed by atoms with Gasteiger partial charge in [-0.15, -0.1) is 11.3 Å². The fourth-order valence-electron chi connectivity index (χ4n) is 2.86. The molecule has 2 heterocycles. The lowest BCUT2D eigenvalue weighted by molar-refractivity contribution is 0.0663. The normalized spacial score (nSPS) is 22.4. The van der Waals surface area contributed by atoms with Crippen LogP contribution in [0.25, 0.3) is 0 Å². The Bertz CT molecular complexity index is 665. The van der Waals surface area contributed by atoms with E-state index in [1.807, 2.05) is 31.7 Å². The molecule has 1 amide bonds. The maximum Gasteiger partial charge on any atom is 0.264 e. The zero-order chi connectivity index (χ0) is 17.9. The average Bonchev–Trinajstić information content (AvgIpc) is 2.71. The first-order valence-electron chi connectivity index (χ1n) is 8.09. The molecule has 8 heteroatoms. The summed E-state index contributed by atoms with van der Waals surface area (Å²) >= 11 is 1.52. The van der Waals surface area contributed by atoms with Crippen LogP contribution in [0, 0.1) is 19.8 Å². The van der Waals surface area contributed by atoms with Crippen molar-refractivity contribution in [3.63, 3.8) is 0 Å². The molecule has 0 aliphatic carbocycles. The molecule has 0 aromatic carbocycles. The number of sulfonamides is 1. The van der Waals surface area contributed by atoms with Crippen molar-refractivity contribution in [1.29, 1.82) is 0 Å². The van der Waals surface area contributed by atoms with Crippen molar-refractivity contribution < 1.29 is 17.9 Å². The quantitative estimate of drug-likeness (QED) is 0.852. The van der Waals surface area contributed by atoms with Gasteiger partial charge in [0.15, 0.2) is 0 Å². The highest BCUT2D eigenvalue weighted by atomic mass is 32.2. The van der Waals surface area contributed by atoms with Crippen molar-refractivity contribution >= 4 is 27.3 Å². The van der Waals surface area contributed by atoms with Gasteiger partial charge in [-0.2, -0.15) is 0 Å². The molecule has 6 nitrogen and oxygen atoms in total. The Balaban J connectivity index is 2.07. The van der Waals surface area contributed by atoms with Crippen molar-refractivity contribution in [2.45, 2.75) is 33.2 Å². The predicted octanol–water partition coefficient (Wildman–Crippen LogP) is 1.78. The maximum atomic E-state index is 12.9. The number of ether oxygens (including phenoxy) is 1. The molecule has 1 aromatic heterocycles. The van der Waals surface area contributed by atoms with Gasteiger partial charge in [-0.25, -0.2) is 13.1 Å². The molecule has 136 valence electrons. The van der Waals surface area contributed by atoms with Crippen molar-refractivity contribution in [2.24, 2.45) is 5.92 Å². The van der Waals surface area contributed by atoms with E-state index in [9.17, 15) is 13.2 Å². The Kier molecular flexibility index (Phi) is 6.41. The Morgan fingerprint density at radius 1 is 1.46 bits per heavy atom. The Morgan fingerprint density at radius 3 is 2.75 bits per heavy atom. The number of amides is 1. The van der Waals surface area contributed by atoms with E-state index in [0.717, 1.165) is 21.6 Å². The Morgan fingerprint density at radius 2 is 2.17 bits per heavy atom. The predicted molar refractivity (Wildman–Crippen MR) is 96.1 cm³/mol. The van der Waals surface area contributed by atoms with Crippen LogP contribution in [0.15, 0.2) is 6.07 Å². The number of hydrogen-bond acceptors (Lipinski definition) is 5. The first-order valence-corrected chi connectivity index (χ1v) is 10.8. The molecule has 0 radical (unpaired) electrons. The maximum absolute atomic E-state index is 12.9. The summed E-state index contributed by atoms with van der Waals surface area (Å²) in [5.41, 5.74) is 1.14. The number of aryl methyl sites for hydroxylation is 2. The average molecular weight is 375 g/mol. The molecule has 0 saturated carbocycles. The van der Waals surface area contributed by atoms with Crippen LogP contribution in [0.3, 0.4) is 0 Å². The summed E-state index contributed by atoms with van der Waals surface area (Å²) in [6, 6.07) is 1.95. The smallest absolute Gasteiger partial charge is 0.264 e. The highest BCUT2D eigenvalue weighted by Gasteiger charge is 2.31. The summed E-state index contributed by atoms with van der Waals surface area (Å²) in [6.07, 6.45) is 1.79. The fraction of sp³-hybridized carbons (Fsp3) is 0.688. The second-order valence-electron chi connectivity index (χ2n) is 6.38.